The van der Waals surface area contributed by atoms with Gasteiger partial charge in [-0.15, -0.1) is 0 Å². The highest BCUT2D eigenvalue weighted by molar-refractivity contribution is 5.93. The van der Waals surface area contributed by atoms with Crippen LogP contribution in [-0.2, 0) is 4.79 Å². The van der Waals surface area contributed by atoms with E-state index in [9.17, 15) is 15.0 Å². The van der Waals surface area contributed by atoms with Crippen LogP contribution in [0, 0.1) is 0 Å². The van der Waals surface area contributed by atoms with Gasteiger partial charge in [0.1, 0.15) is 6.10 Å². The maximum atomic E-state index is 12.4. The van der Waals surface area contributed by atoms with Gasteiger partial charge in [0.25, 0.3) is 0 Å². The molecule has 436 valence electrons. The van der Waals surface area contributed by atoms with E-state index in [1.54, 1.807) is 6.08 Å². The smallest absolute Gasteiger partial charge is 0.185 e. The van der Waals surface area contributed by atoms with E-state index in [1.165, 1.54) is 334 Å². The molecule has 0 fully saturated rings. The molecule has 0 bridgehead atoms. The lowest BCUT2D eigenvalue weighted by Crippen LogP contribution is -2.47. The van der Waals surface area contributed by atoms with Gasteiger partial charge < -0.3 is 15.9 Å². The second-order valence-electron chi connectivity index (χ2n) is 23.4. The highest BCUT2D eigenvalue weighted by atomic mass is 16.3. The van der Waals surface area contributed by atoms with Crippen molar-refractivity contribution < 1.29 is 15.0 Å². The molecule has 0 saturated carbocycles. The summed E-state index contributed by atoms with van der Waals surface area (Å²) in [6.45, 7) is 4.54. The molecule has 0 aliphatic carbocycles. The van der Waals surface area contributed by atoms with Crippen molar-refractivity contribution in [1.29, 1.82) is 0 Å². The first-order valence-electron chi connectivity index (χ1n) is 33.8. The summed E-state index contributed by atoms with van der Waals surface area (Å²) in [6.07, 6.45) is 90.3. The molecule has 3 atom stereocenters. The lowest BCUT2D eigenvalue weighted by atomic mass is 10.0. The van der Waals surface area contributed by atoms with Crippen LogP contribution in [0.25, 0.3) is 0 Å². The predicted molar refractivity (Wildman–Crippen MR) is 331 cm³/mol. The number of aliphatic hydroxyl groups is 2. The molecule has 0 spiro atoms. The van der Waals surface area contributed by atoms with Crippen molar-refractivity contribution in [2.75, 3.05) is 0 Å². The number of allylic oxidation sites excluding steroid dienone is 6. The van der Waals surface area contributed by atoms with Crippen LogP contribution in [-0.4, -0.2) is 34.2 Å². The zero-order valence-corrected chi connectivity index (χ0v) is 50.3. The number of hydrogen-bond donors (Lipinski definition) is 3. The van der Waals surface area contributed by atoms with Crippen molar-refractivity contribution in [2.24, 2.45) is 5.73 Å². The fraction of sp³-hybridized carbons (Fsp3) is 0.871. The van der Waals surface area contributed by atoms with E-state index in [2.05, 4.69) is 38.2 Å². The summed E-state index contributed by atoms with van der Waals surface area (Å²) in [6, 6.07) is -1.00. The van der Waals surface area contributed by atoms with Gasteiger partial charge >= 0.3 is 0 Å². The van der Waals surface area contributed by atoms with Crippen LogP contribution in [0.1, 0.15) is 373 Å². The lowest BCUT2D eigenvalue weighted by Gasteiger charge is -2.19. The molecule has 0 amide bonds. The molecule has 0 aromatic heterocycles. The van der Waals surface area contributed by atoms with Crippen molar-refractivity contribution in [3.05, 3.63) is 48.6 Å². The summed E-state index contributed by atoms with van der Waals surface area (Å²) in [4.78, 5) is 12.4. The summed E-state index contributed by atoms with van der Waals surface area (Å²) in [5.74, 6) is -0.410. The number of aliphatic hydroxyl groups excluding tert-OH is 2. The Labute approximate surface area is 464 Å². The monoisotopic (exact) mass is 1040 g/mol. The first-order valence-corrected chi connectivity index (χ1v) is 33.8. The van der Waals surface area contributed by atoms with Gasteiger partial charge in [-0.05, 0) is 63.9 Å². The summed E-state index contributed by atoms with van der Waals surface area (Å²) >= 11 is 0. The summed E-state index contributed by atoms with van der Waals surface area (Å²) in [5, 5.41) is 20.8. The van der Waals surface area contributed by atoms with Crippen LogP contribution in [0.2, 0.25) is 0 Å². The fourth-order valence-electron chi connectivity index (χ4n) is 10.7. The highest BCUT2D eigenvalue weighted by Gasteiger charge is 2.25. The number of rotatable bonds is 63. The molecule has 4 heteroatoms. The molecule has 0 aromatic rings. The summed E-state index contributed by atoms with van der Waals surface area (Å²) < 4.78 is 0. The molecular weight excluding hydrogens is 903 g/mol. The summed E-state index contributed by atoms with van der Waals surface area (Å²) in [5.41, 5.74) is 6.03. The topological polar surface area (TPSA) is 83.5 Å². The van der Waals surface area contributed by atoms with Crippen molar-refractivity contribution in [3.63, 3.8) is 0 Å². The molecule has 0 rings (SSSR count). The highest BCUT2D eigenvalue weighted by Crippen LogP contribution is 2.19. The van der Waals surface area contributed by atoms with Crippen LogP contribution in [0.15, 0.2) is 48.6 Å². The molecule has 0 aliphatic heterocycles. The van der Waals surface area contributed by atoms with E-state index in [0.717, 1.165) is 32.1 Å². The Kier molecular flexibility index (Phi) is 62.7. The minimum atomic E-state index is -1.38. The van der Waals surface area contributed by atoms with Crippen LogP contribution < -0.4 is 5.73 Å². The van der Waals surface area contributed by atoms with Crippen LogP contribution in [0.4, 0.5) is 0 Å². The van der Waals surface area contributed by atoms with Crippen LogP contribution >= 0.6 is 0 Å². The zero-order valence-electron chi connectivity index (χ0n) is 50.3. The number of unbranched alkanes of at least 4 members (excludes halogenated alkanes) is 52. The Morgan fingerprint density at radius 3 is 0.811 bits per heavy atom. The number of hydrogen-bond acceptors (Lipinski definition) is 4. The Balaban J connectivity index is 3.33. The second kappa shape index (κ2) is 64.0. The fourth-order valence-corrected chi connectivity index (χ4v) is 10.7. The number of carbonyl (C=O) groups is 1. The van der Waals surface area contributed by atoms with Gasteiger partial charge in [0, 0.05) is 0 Å². The standard InChI is InChI=1S/C70H133NO3/c1-3-5-7-9-11-13-15-17-18-19-20-21-22-23-24-25-26-27-28-29-30-31-32-33-34-35-36-37-38-39-40-41-42-43-44-45-46-47-48-49-50-51-52-54-56-58-60-62-64-66-68(73)70(74)69(71)67(72)65-63-61-59-57-55-53-16-14-12-10-8-6-4-2/h11,13,17-18,63-67,69-70,72,74H,3-10,12,14-16,19-62,71H2,1-2H3/b13-11-,18-17-,65-63+,66-64?/t67-,69-,70?/m1/s1. The predicted octanol–water partition coefficient (Wildman–Crippen LogP) is 22.7. The van der Waals surface area contributed by atoms with E-state index in [-0.39, 0.29) is 0 Å². The van der Waals surface area contributed by atoms with Gasteiger partial charge in [0.05, 0.1) is 12.1 Å². The lowest BCUT2D eigenvalue weighted by molar-refractivity contribution is -0.124. The Morgan fingerprint density at radius 2 is 0.527 bits per heavy atom. The average molecular weight is 1040 g/mol. The average Bonchev–Trinajstić information content (AvgIpc) is 3.41. The van der Waals surface area contributed by atoms with Crippen molar-refractivity contribution in [1.82, 2.24) is 0 Å². The molecule has 4 N–H and O–H groups in total. The quantitative estimate of drug-likeness (QED) is 0.0322. The first-order chi connectivity index (χ1) is 36.5. The molecule has 1 unspecified atom stereocenters. The second-order valence-corrected chi connectivity index (χ2v) is 23.4. The third-order valence-electron chi connectivity index (χ3n) is 16.0. The third-order valence-corrected chi connectivity index (χ3v) is 16.0. The van der Waals surface area contributed by atoms with Gasteiger partial charge in [0.15, 0.2) is 5.78 Å². The van der Waals surface area contributed by atoms with E-state index < -0.39 is 24.0 Å². The number of ketones is 1. The van der Waals surface area contributed by atoms with Crippen molar-refractivity contribution in [2.45, 2.75) is 392 Å². The minimum Gasteiger partial charge on any atom is -0.387 e. The molecule has 0 radical (unpaired) electrons. The van der Waals surface area contributed by atoms with Crippen molar-refractivity contribution >= 4 is 5.78 Å². The number of carbonyl (C=O) groups excluding carboxylic acids is 1. The maximum absolute atomic E-state index is 12.4. The van der Waals surface area contributed by atoms with Gasteiger partial charge in [-0.1, -0.05) is 358 Å². The molecular formula is C70H133NO3. The van der Waals surface area contributed by atoms with Gasteiger partial charge in [-0.2, -0.15) is 0 Å². The molecule has 0 heterocycles. The maximum Gasteiger partial charge on any atom is 0.185 e. The van der Waals surface area contributed by atoms with Gasteiger partial charge in [-0.25, -0.2) is 0 Å². The van der Waals surface area contributed by atoms with E-state index in [1.807, 2.05) is 12.2 Å². The SMILES string of the molecule is CCCCC/C=C\C/C=C\CCCCCCCCCCCCCCCCCCCCCCCCCCCCCCCCCCCCCCCC=CC(=O)C(O)[C@H](N)[C@H](O)/C=C/CCCCCCCCCCCCC. The van der Waals surface area contributed by atoms with E-state index in [4.69, 9.17) is 5.73 Å². The van der Waals surface area contributed by atoms with Crippen LogP contribution in [0.5, 0.6) is 0 Å². The third kappa shape index (κ3) is 58.2. The first kappa shape index (κ1) is 72.5. The van der Waals surface area contributed by atoms with Crippen molar-refractivity contribution in [3.8, 4) is 0 Å². The van der Waals surface area contributed by atoms with Gasteiger partial charge in [0.2, 0.25) is 0 Å². The molecule has 0 aromatic carbocycles. The zero-order chi connectivity index (χ0) is 53.6. The minimum absolute atomic E-state index is 0.410. The summed E-state index contributed by atoms with van der Waals surface area (Å²) in [7, 11) is 0. The van der Waals surface area contributed by atoms with E-state index in [0.29, 0.717) is 0 Å². The Hall–Kier alpha value is -1.49. The Morgan fingerprint density at radius 1 is 0.311 bits per heavy atom. The molecule has 4 nitrogen and oxygen atoms in total. The Bertz CT molecular complexity index is 1190. The van der Waals surface area contributed by atoms with Gasteiger partial charge in [-0.3, -0.25) is 4.79 Å². The van der Waals surface area contributed by atoms with Crippen LogP contribution in [0.3, 0.4) is 0 Å². The molecule has 0 saturated heterocycles. The molecule has 74 heavy (non-hydrogen) atoms. The molecule has 0 aliphatic rings. The number of nitrogens with two attached hydrogens (primary N) is 1. The largest absolute Gasteiger partial charge is 0.387 e. The normalized spacial score (nSPS) is 13.5. The van der Waals surface area contributed by atoms with E-state index >= 15 is 0 Å².